The van der Waals surface area contributed by atoms with E-state index in [9.17, 15) is 20.1 Å². The van der Waals surface area contributed by atoms with Crippen molar-refractivity contribution in [2.45, 2.75) is 170 Å². The van der Waals surface area contributed by atoms with Crippen LogP contribution in [0.3, 0.4) is 0 Å². The Morgan fingerprint density at radius 2 is 0.914 bits per heavy atom. The molecule has 0 spiro atoms. The number of carbonyl (C=O) groups is 2. The molecule has 0 bridgehead atoms. The number of unbranched alkanes of at least 4 members (excludes halogenated alkanes) is 10. The van der Waals surface area contributed by atoms with Crippen molar-refractivity contribution in [1.29, 1.82) is 10.5 Å². The van der Waals surface area contributed by atoms with E-state index in [1.54, 1.807) is 41.7 Å². The topological polar surface area (TPSA) is 126 Å². The first-order chi connectivity index (χ1) is 51.2. The number of allylic oxidation sites excluding steroid dienone is 6. The second-order valence-electron chi connectivity index (χ2n) is 25.9. The largest absolute Gasteiger partial charge is 0.337 e. The van der Waals surface area contributed by atoms with Crippen molar-refractivity contribution in [3.8, 4) is 95.0 Å². The normalized spacial score (nSPS) is 14.4. The number of fused-ring (bicyclic) bond motifs is 16. The zero-order valence-electron chi connectivity index (χ0n) is 58.7. The van der Waals surface area contributed by atoms with E-state index >= 15 is 17.6 Å². The Balaban J connectivity index is 1.16. The van der Waals surface area contributed by atoms with Crippen molar-refractivity contribution in [2.24, 2.45) is 11.8 Å². The van der Waals surface area contributed by atoms with E-state index in [1.165, 1.54) is 54.8 Å². The van der Waals surface area contributed by atoms with E-state index in [-0.39, 0.29) is 56.4 Å². The molecule has 10 aromatic rings. The summed E-state index contributed by atoms with van der Waals surface area (Å²) in [5.74, 6) is 32.4. The standard InChI is InChI=1S/C86H66F4N8O2S5/c1-9-15-19-21-23-25-26-27-28-30-32-34-36-40-54-68(46-60-70(66(48-92)94-8)56-42-62(88)64(90)44-58(56)80(60)100)102-86-78-84(104-82(54)86)72-74-73(95-105-96-74)71-75(76(72)98(78)50-52(14-6)38-18-12-4)97(49-51(13-5)37-17-11-3)77-83(71)103-81-53(39-35-33-31-29-24-22-20-16-10-2)67(101-85(77)81)45-59-69(65(47-91)93-7)55-41-61(87)63(89)43-57(55)79(59)99/h41-46,51-52H,10-14,16-18,20,22,24,29,31,33,35,37-39,49-50H2,1-6H3/b59-45-,60-46-,69-65+,70-66-. The third-order valence-electron chi connectivity index (χ3n) is 19.5. The molecule has 2 aliphatic carbocycles. The number of thiophene rings is 4. The van der Waals surface area contributed by atoms with E-state index in [2.05, 4.69) is 136 Å². The van der Waals surface area contributed by atoms with E-state index in [1.807, 2.05) is 12.1 Å². The Morgan fingerprint density at radius 1 is 0.505 bits per heavy atom. The number of carbonyl (C=O) groups excluding carboxylic acids is 2. The predicted molar refractivity (Wildman–Crippen MR) is 422 cm³/mol. The van der Waals surface area contributed by atoms with Gasteiger partial charge in [0.05, 0.1) is 92.8 Å². The smallest absolute Gasteiger partial charge is 0.270 e. The molecule has 0 saturated carbocycles. The van der Waals surface area contributed by atoms with Gasteiger partial charge in [-0.1, -0.05) is 130 Å². The van der Waals surface area contributed by atoms with Gasteiger partial charge in [-0.15, -0.1) is 45.3 Å². The minimum Gasteiger partial charge on any atom is -0.337 e. The van der Waals surface area contributed by atoms with Crippen LogP contribution in [0, 0.1) is 154 Å². The first kappa shape index (κ1) is 74.0. The van der Waals surface area contributed by atoms with Crippen LogP contribution in [0.2, 0.25) is 0 Å². The molecule has 12 rings (SSSR count). The Labute approximate surface area is 628 Å². The van der Waals surface area contributed by atoms with Gasteiger partial charge < -0.3 is 9.13 Å². The summed E-state index contributed by atoms with van der Waals surface area (Å²) in [6.45, 7) is 30.1. The molecule has 0 aliphatic heterocycles. The van der Waals surface area contributed by atoms with Gasteiger partial charge in [-0.3, -0.25) is 9.59 Å². The van der Waals surface area contributed by atoms with Crippen molar-refractivity contribution < 1.29 is 27.2 Å². The molecule has 2 atom stereocenters. The highest BCUT2D eigenvalue weighted by atomic mass is 32.1. The van der Waals surface area contributed by atoms with Crippen molar-refractivity contribution in [3.63, 3.8) is 0 Å². The number of nitriles is 2. The average Bonchev–Trinajstić information content (AvgIpc) is 1.50. The first-order valence-corrected chi connectivity index (χ1v) is 39.3. The molecule has 3 aromatic carbocycles. The van der Waals surface area contributed by atoms with Crippen molar-refractivity contribution in [2.75, 3.05) is 0 Å². The number of aryl methyl sites for hydroxylation is 1. The van der Waals surface area contributed by atoms with E-state index in [4.69, 9.17) is 21.9 Å². The zero-order valence-corrected chi connectivity index (χ0v) is 62.8. The molecule has 0 fully saturated rings. The summed E-state index contributed by atoms with van der Waals surface area (Å²) < 4.78 is 81.8. The third-order valence-corrected chi connectivity index (χ3v) is 25.1. The van der Waals surface area contributed by atoms with Crippen LogP contribution in [0.25, 0.3) is 105 Å². The summed E-state index contributed by atoms with van der Waals surface area (Å²) in [7, 11) is 0. The summed E-state index contributed by atoms with van der Waals surface area (Å²) in [4.78, 5) is 37.7. The van der Waals surface area contributed by atoms with Crippen molar-refractivity contribution >= 4 is 164 Å². The number of nitrogens with zero attached hydrogens (tertiary/aromatic N) is 8. The number of Topliss-reactive ketones (excluding diaryl/α,β-unsaturated/α-hetero) is 2. The van der Waals surface area contributed by atoms with Crippen LogP contribution in [0.5, 0.6) is 0 Å². The van der Waals surface area contributed by atoms with Crippen LogP contribution in [0.4, 0.5) is 17.6 Å². The van der Waals surface area contributed by atoms with Gasteiger partial charge in [0.25, 0.3) is 11.4 Å². The average molecular weight is 1480 g/mol. The number of benzene rings is 3. The van der Waals surface area contributed by atoms with E-state index in [0.717, 1.165) is 196 Å². The molecule has 520 valence electrons. The molecule has 0 saturated heterocycles. The summed E-state index contributed by atoms with van der Waals surface area (Å²) in [6, 6.07) is 7.29. The molecular formula is C86H66F4N8O2S5. The number of hydrogen-bond acceptors (Lipinski definition) is 11. The maximum atomic E-state index is 15.2. The van der Waals surface area contributed by atoms with Crippen LogP contribution in [-0.4, -0.2) is 29.4 Å². The number of aromatic nitrogens is 4. The molecule has 0 amide bonds. The van der Waals surface area contributed by atoms with Crippen LogP contribution >= 0.6 is 57.1 Å². The van der Waals surface area contributed by atoms with Crippen molar-refractivity contribution in [3.05, 3.63) is 136 Å². The maximum Gasteiger partial charge on any atom is 0.270 e. The monoisotopic (exact) mass is 1480 g/mol. The molecule has 0 N–H and O–H groups in total. The van der Waals surface area contributed by atoms with Crippen molar-refractivity contribution in [1.82, 2.24) is 17.9 Å². The Kier molecular flexibility index (Phi) is 23.5. The van der Waals surface area contributed by atoms with Gasteiger partial charge >= 0.3 is 0 Å². The molecule has 0 radical (unpaired) electrons. The molecule has 105 heavy (non-hydrogen) atoms. The molecule has 10 nitrogen and oxygen atoms in total. The molecule has 2 unspecified atom stereocenters. The SMILES string of the molecule is [C-]#[N+]/C(C#N)=C1\C(=C\c2sc3c(sc4c5c6nsnc6c6c7sc8c(CCCCCCCCCCC)c(/C=C9\C(=O)c%10cc(F)c(F)cc%10\C9=C(\C#N)[N+]#[C-])sc8c7n(CC(CC)CCCC)c6c5n(CC(CC)CCCC)c34)c2C#CC#CC#CC#CC#CC#CC#CC)C(=O)c2cc(F)c(F)cc21. The maximum absolute atomic E-state index is 15.2. The van der Waals surface area contributed by atoms with Gasteiger partial charge in [-0.25, -0.2) is 37.8 Å². The highest BCUT2D eigenvalue weighted by Gasteiger charge is 2.38. The fraction of sp³-hybridized carbons (Fsp3) is 0.326. The lowest BCUT2D eigenvalue weighted by Gasteiger charge is -2.20. The Hall–Kier alpha value is -10.7. The number of hydrogen-bond donors (Lipinski definition) is 0. The summed E-state index contributed by atoms with van der Waals surface area (Å²) in [5.41, 5.74) is 5.48. The summed E-state index contributed by atoms with van der Waals surface area (Å²) in [6.07, 6.45) is 21.6. The molecule has 7 aromatic heterocycles. The number of ketones is 2. The third kappa shape index (κ3) is 14.3. The Morgan fingerprint density at radius 3 is 1.36 bits per heavy atom. The zero-order chi connectivity index (χ0) is 74.0. The van der Waals surface area contributed by atoms with Gasteiger partial charge in [0.15, 0.2) is 34.8 Å². The molecule has 7 heterocycles. The summed E-state index contributed by atoms with van der Waals surface area (Å²) >= 11 is 7.30. The van der Waals surface area contributed by atoms with Crippen LogP contribution in [0.15, 0.2) is 46.8 Å². The molecular weight excluding hydrogens is 1410 g/mol. The van der Waals surface area contributed by atoms with Gasteiger partial charge in [0, 0.05) is 67.0 Å². The predicted octanol–water partition coefficient (Wildman–Crippen LogP) is 22.8. The minimum atomic E-state index is -1.25. The second kappa shape index (κ2) is 33.4. The first-order valence-electron chi connectivity index (χ1n) is 35.3. The lowest BCUT2D eigenvalue weighted by molar-refractivity contribution is 0.103. The number of rotatable bonds is 24. The molecule has 19 heteroatoms. The van der Waals surface area contributed by atoms with E-state index < -0.39 is 46.2 Å². The highest BCUT2D eigenvalue weighted by molar-refractivity contribution is 7.35. The highest BCUT2D eigenvalue weighted by Crippen LogP contribution is 2.56. The van der Waals surface area contributed by atoms with Gasteiger partial charge in [-0.2, -0.15) is 8.75 Å². The van der Waals surface area contributed by atoms with Crippen LogP contribution in [-0.2, 0) is 19.5 Å². The van der Waals surface area contributed by atoms with E-state index in [0.29, 0.717) is 30.0 Å². The fourth-order valence-corrected chi connectivity index (χ4v) is 20.6. The Bertz CT molecular complexity index is 6100. The lowest BCUT2D eigenvalue weighted by Crippen LogP contribution is -2.13. The second-order valence-corrected chi connectivity index (χ2v) is 30.5. The minimum absolute atomic E-state index is 0.00580. The lowest BCUT2D eigenvalue weighted by atomic mass is 9.99. The van der Waals surface area contributed by atoms with Crippen LogP contribution in [0.1, 0.15) is 203 Å². The number of halogens is 4. The van der Waals surface area contributed by atoms with Crippen LogP contribution < -0.4 is 0 Å². The van der Waals surface area contributed by atoms with Gasteiger partial charge in [0.2, 0.25) is 0 Å². The van der Waals surface area contributed by atoms with Gasteiger partial charge in [-0.05, 0) is 175 Å². The van der Waals surface area contributed by atoms with Gasteiger partial charge in [0.1, 0.15) is 11.0 Å². The quantitative estimate of drug-likeness (QED) is 0.0148. The fourth-order valence-electron chi connectivity index (χ4n) is 14.3. The summed E-state index contributed by atoms with van der Waals surface area (Å²) in [5, 5.41) is 22.7. The molecule has 2 aliphatic rings.